The lowest BCUT2D eigenvalue weighted by Crippen LogP contribution is -1.98. The number of benzene rings is 8. The van der Waals surface area contributed by atoms with Crippen molar-refractivity contribution in [2.24, 2.45) is 0 Å². The van der Waals surface area contributed by atoms with Crippen molar-refractivity contribution in [3.63, 3.8) is 0 Å². The first kappa shape index (κ1) is 29.8. The van der Waals surface area contributed by atoms with Crippen molar-refractivity contribution in [3.05, 3.63) is 182 Å². The minimum atomic E-state index is 0.866. The van der Waals surface area contributed by atoms with Gasteiger partial charge >= 0.3 is 0 Å². The Balaban J connectivity index is 1.08. The largest absolute Gasteiger partial charge is 0.454 e. The first-order valence-corrected chi connectivity index (χ1v) is 19.1. The van der Waals surface area contributed by atoms with Crippen LogP contribution in [0.15, 0.2) is 186 Å². The van der Waals surface area contributed by atoms with Crippen LogP contribution >= 0.6 is 0 Å². The van der Waals surface area contributed by atoms with Gasteiger partial charge in [0.05, 0.1) is 44.2 Å². The minimum Gasteiger partial charge on any atom is -0.454 e. The summed E-state index contributed by atoms with van der Waals surface area (Å²) in [5.74, 6) is 0. The lowest BCUT2D eigenvalue weighted by molar-refractivity contribution is 0.672. The fourth-order valence-corrected chi connectivity index (χ4v) is 9.43. The van der Waals surface area contributed by atoms with Gasteiger partial charge in [-0.2, -0.15) is 0 Å². The summed E-state index contributed by atoms with van der Waals surface area (Å²) >= 11 is 0. The van der Waals surface area contributed by atoms with E-state index in [2.05, 4.69) is 189 Å². The molecule has 13 rings (SSSR count). The van der Waals surface area contributed by atoms with Gasteiger partial charge in [-0.05, 0) is 90.0 Å². The lowest BCUT2D eigenvalue weighted by atomic mass is 10.0. The van der Waals surface area contributed by atoms with Crippen LogP contribution in [0.4, 0.5) is 0 Å². The molecule has 5 heteroatoms. The molecule has 0 bridgehead atoms. The zero-order valence-electron chi connectivity index (χ0n) is 30.0. The Morgan fingerprint density at radius 2 is 0.982 bits per heavy atom. The third-order valence-electron chi connectivity index (χ3n) is 11.8. The third-order valence-corrected chi connectivity index (χ3v) is 11.8. The summed E-state index contributed by atoms with van der Waals surface area (Å²) < 4.78 is 13.8. The summed E-state index contributed by atoms with van der Waals surface area (Å²) in [5, 5.41) is 8.08. The van der Waals surface area contributed by atoms with E-state index in [9.17, 15) is 0 Å². The van der Waals surface area contributed by atoms with Crippen molar-refractivity contribution in [1.29, 1.82) is 0 Å². The first-order valence-electron chi connectivity index (χ1n) is 19.1. The number of imidazole rings is 1. The Labute approximate surface area is 319 Å². The van der Waals surface area contributed by atoms with E-state index >= 15 is 0 Å². The van der Waals surface area contributed by atoms with Gasteiger partial charge in [0.2, 0.25) is 0 Å². The predicted octanol–water partition coefficient (Wildman–Crippen LogP) is 13.4. The molecule has 8 aromatic carbocycles. The maximum atomic E-state index is 6.73. The minimum absolute atomic E-state index is 0.866. The van der Waals surface area contributed by atoms with Crippen LogP contribution < -0.4 is 0 Å². The molecule has 0 unspecified atom stereocenters. The van der Waals surface area contributed by atoms with Crippen molar-refractivity contribution in [2.45, 2.75) is 0 Å². The molecule has 0 aliphatic rings. The number of nitrogens with zero attached hydrogens (tertiary/aromatic N) is 4. The first-order chi connectivity index (χ1) is 27.8. The van der Waals surface area contributed by atoms with E-state index in [-0.39, 0.29) is 0 Å². The molecule has 0 N–H and O–H groups in total. The van der Waals surface area contributed by atoms with Crippen LogP contribution in [0.1, 0.15) is 0 Å². The highest BCUT2D eigenvalue weighted by molar-refractivity contribution is 6.22. The zero-order chi connectivity index (χ0) is 36.5. The molecule has 13 aromatic rings. The zero-order valence-corrected chi connectivity index (χ0v) is 30.0. The molecule has 5 nitrogen and oxygen atoms in total. The second kappa shape index (κ2) is 11.0. The van der Waals surface area contributed by atoms with Crippen LogP contribution in [0.25, 0.3) is 116 Å². The number of para-hydroxylation sites is 6. The van der Waals surface area contributed by atoms with Crippen molar-refractivity contribution < 1.29 is 4.42 Å². The Morgan fingerprint density at radius 3 is 1.73 bits per heavy atom. The number of furan rings is 1. The standard InChI is InChI=1S/C51H30N4O/c1-2-13-33(14-3-1)53-41-20-8-4-15-34(41)38-29-31(25-27-43(38)53)32-26-28-44-39(30-32)35-16-5-9-21-42(35)54(44)46-23-12-18-37-48(46)51-52-40-19-7-10-22-45(40)55(51)49-36-17-6-11-24-47(36)56-50(37)49/h1-30H. The monoisotopic (exact) mass is 714 g/mol. The highest BCUT2D eigenvalue weighted by Gasteiger charge is 2.23. The van der Waals surface area contributed by atoms with E-state index in [0.717, 1.165) is 71.9 Å². The van der Waals surface area contributed by atoms with Crippen molar-refractivity contribution in [1.82, 2.24) is 18.5 Å². The maximum Gasteiger partial charge on any atom is 0.160 e. The Hall–Kier alpha value is -7.63. The smallest absolute Gasteiger partial charge is 0.160 e. The molecule has 0 fully saturated rings. The Bertz CT molecular complexity index is 3770. The summed E-state index contributed by atoms with van der Waals surface area (Å²) in [6, 6.07) is 65.2. The molecule has 56 heavy (non-hydrogen) atoms. The molecular formula is C51H30N4O. The van der Waals surface area contributed by atoms with E-state index in [4.69, 9.17) is 9.40 Å². The van der Waals surface area contributed by atoms with Gasteiger partial charge < -0.3 is 13.6 Å². The summed E-state index contributed by atoms with van der Waals surface area (Å²) in [6.45, 7) is 0. The van der Waals surface area contributed by atoms with Crippen LogP contribution in [0.2, 0.25) is 0 Å². The Morgan fingerprint density at radius 1 is 0.411 bits per heavy atom. The molecule has 260 valence electrons. The number of aromatic nitrogens is 4. The van der Waals surface area contributed by atoms with Crippen molar-refractivity contribution >= 4 is 93.1 Å². The number of hydrogen-bond donors (Lipinski definition) is 0. The summed E-state index contributed by atoms with van der Waals surface area (Å²) in [4.78, 5) is 5.34. The number of pyridine rings is 1. The highest BCUT2D eigenvalue weighted by Crippen LogP contribution is 2.43. The molecule has 5 aromatic heterocycles. The van der Waals surface area contributed by atoms with Gasteiger partial charge in [-0.1, -0.05) is 103 Å². The molecule has 0 aliphatic heterocycles. The van der Waals surface area contributed by atoms with Crippen LogP contribution in [0.3, 0.4) is 0 Å². The van der Waals surface area contributed by atoms with Crippen LogP contribution in [0.5, 0.6) is 0 Å². The molecular weight excluding hydrogens is 685 g/mol. The van der Waals surface area contributed by atoms with Gasteiger partial charge in [0.25, 0.3) is 0 Å². The molecule has 0 amide bonds. The van der Waals surface area contributed by atoms with E-state index in [0.29, 0.717) is 0 Å². The van der Waals surface area contributed by atoms with Crippen LogP contribution in [-0.4, -0.2) is 18.5 Å². The molecule has 0 spiro atoms. The lowest BCUT2D eigenvalue weighted by Gasteiger charge is -2.13. The van der Waals surface area contributed by atoms with Gasteiger partial charge in [-0.3, -0.25) is 4.40 Å². The van der Waals surface area contributed by atoms with Gasteiger partial charge in [0.1, 0.15) is 16.7 Å². The maximum absolute atomic E-state index is 6.73. The molecule has 0 saturated carbocycles. The summed E-state index contributed by atoms with van der Waals surface area (Å²) in [7, 11) is 0. The third kappa shape index (κ3) is 3.90. The van der Waals surface area contributed by atoms with Gasteiger partial charge in [-0.15, -0.1) is 0 Å². The van der Waals surface area contributed by atoms with Crippen LogP contribution in [0, 0.1) is 0 Å². The summed E-state index contributed by atoms with van der Waals surface area (Å²) in [5.41, 5.74) is 15.0. The van der Waals surface area contributed by atoms with Gasteiger partial charge in [0.15, 0.2) is 5.58 Å². The molecule has 0 radical (unpaired) electrons. The topological polar surface area (TPSA) is 40.3 Å². The number of hydrogen-bond acceptors (Lipinski definition) is 2. The fourth-order valence-electron chi connectivity index (χ4n) is 9.43. The molecule has 5 heterocycles. The average Bonchev–Trinajstić information content (AvgIpc) is 4.01. The average molecular weight is 715 g/mol. The van der Waals surface area contributed by atoms with E-state index < -0.39 is 0 Å². The van der Waals surface area contributed by atoms with Crippen molar-refractivity contribution in [3.8, 4) is 22.5 Å². The quantitative estimate of drug-likeness (QED) is 0.183. The van der Waals surface area contributed by atoms with E-state index in [1.165, 1.54) is 43.7 Å². The van der Waals surface area contributed by atoms with Gasteiger partial charge in [-0.25, -0.2) is 4.98 Å². The van der Waals surface area contributed by atoms with Gasteiger partial charge in [0, 0.05) is 38.0 Å². The SMILES string of the molecule is c1ccc(-n2c3ccccc3c3cc(-c4ccc5c(c4)c4ccccc4n5-c4cccc5c6oc7ccccc7c6n6c7ccccc7nc6c45)ccc32)cc1. The second-order valence-electron chi connectivity index (χ2n) is 14.7. The van der Waals surface area contributed by atoms with Crippen LogP contribution in [-0.2, 0) is 0 Å². The predicted molar refractivity (Wildman–Crippen MR) is 232 cm³/mol. The summed E-state index contributed by atoms with van der Waals surface area (Å²) in [6.07, 6.45) is 0. The van der Waals surface area contributed by atoms with Crippen molar-refractivity contribution in [2.75, 3.05) is 0 Å². The number of rotatable bonds is 3. The normalized spacial score (nSPS) is 12.3. The second-order valence-corrected chi connectivity index (χ2v) is 14.7. The molecule has 0 atom stereocenters. The highest BCUT2D eigenvalue weighted by atomic mass is 16.3. The number of fused-ring (bicyclic) bond motifs is 16. The molecule has 0 aliphatic carbocycles. The van der Waals surface area contributed by atoms with E-state index in [1.807, 2.05) is 6.07 Å². The Kier molecular flexibility index (Phi) is 5.83. The fraction of sp³-hybridized carbons (Fsp3) is 0. The van der Waals surface area contributed by atoms with E-state index in [1.54, 1.807) is 0 Å². The molecule has 0 saturated heterocycles.